The molecule has 2 rings (SSSR count). The molecule has 2 aromatic rings. The van der Waals surface area contributed by atoms with Crippen LogP contribution in [0.15, 0.2) is 46.9 Å². The third kappa shape index (κ3) is 3.43. The number of halogens is 2. The van der Waals surface area contributed by atoms with Crippen LogP contribution in [-0.2, 0) is 6.61 Å². The van der Waals surface area contributed by atoms with E-state index >= 15 is 0 Å². The summed E-state index contributed by atoms with van der Waals surface area (Å²) in [7, 11) is 0. The van der Waals surface area contributed by atoms with Crippen LogP contribution in [0.1, 0.15) is 5.56 Å². The molecule has 0 bridgehead atoms. The molecule has 0 aromatic heterocycles. The van der Waals surface area contributed by atoms with Gasteiger partial charge in [0.2, 0.25) is 0 Å². The number of hydrogen-bond donors (Lipinski definition) is 1. The number of ether oxygens (including phenoxy) is 1. The van der Waals surface area contributed by atoms with Gasteiger partial charge in [-0.3, -0.25) is 0 Å². The summed E-state index contributed by atoms with van der Waals surface area (Å²) in [6.45, 7) is 0.0180. The maximum Gasteiger partial charge on any atom is 0.128 e. The molecular formula is C13H10BrIO2. The van der Waals surface area contributed by atoms with Gasteiger partial charge in [-0.2, -0.15) is 0 Å². The summed E-state index contributed by atoms with van der Waals surface area (Å²) in [4.78, 5) is 0. The van der Waals surface area contributed by atoms with E-state index in [0.29, 0.717) is 0 Å². The summed E-state index contributed by atoms with van der Waals surface area (Å²) in [5.41, 5.74) is 0.847. The maximum absolute atomic E-state index is 9.06. The fraction of sp³-hybridized carbons (Fsp3) is 0.0769. The molecule has 88 valence electrons. The highest BCUT2D eigenvalue weighted by Crippen LogP contribution is 2.27. The highest BCUT2D eigenvalue weighted by Gasteiger charge is 2.02. The molecule has 0 unspecified atom stereocenters. The lowest BCUT2D eigenvalue weighted by atomic mass is 10.2. The summed E-state index contributed by atoms with van der Waals surface area (Å²) < 4.78 is 7.70. The Kier molecular flexibility index (Phi) is 4.42. The van der Waals surface area contributed by atoms with Gasteiger partial charge in [-0.05, 0) is 58.5 Å². The van der Waals surface area contributed by atoms with E-state index < -0.39 is 0 Å². The number of aliphatic hydroxyl groups is 1. The van der Waals surface area contributed by atoms with Crippen LogP contribution in [-0.4, -0.2) is 5.11 Å². The van der Waals surface area contributed by atoms with Gasteiger partial charge in [0.25, 0.3) is 0 Å². The Morgan fingerprint density at radius 1 is 1.12 bits per heavy atom. The molecule has 0 saturated carbocycles. The average molecular weight is 405 g/mol. The van der Waals surface area contributed by atoms with Gasteiger partial charge in [-0.1, -0.05) is 28.1 Å². The van der Waals surface area contributed by atoms with Crippen molar-refractivity contribution in [3.63, 3.8) is 0 Å². The molecule has 2 aromatic carbocycles. The molecule has 0 atom stereocenters. The minimum atomic E-state index is 0.0180. The Bertz CT molecular complexity index is 529. The number of hydrogen-bond acceptors (Lipinski definition) is 2. The summed E-state index contributed by atoms with van der Waals surface area (Å²) in [6.07, 6.45) is 0. The monoisotopic (exact) mass is 404 g/mol. The first kappa shape index (κ1) is 12.9. The highest BCUT2D eigenvalue weighted by molar-refractivity contribution is 14.1. The molecule has 0 amide bonds. The first-order valence-corrected chi connectivity index (χ1v) is 6.89. The third-order valence-corrected chi connectivity index (χ3v) is 3.64. The predicted molar refractivity (Wildman–Crippen MR) is 79.3 cm³/mol. The van der Waals surface area contributed by atoms with E-state index in [2.05, 4.69) is 38.5 Å². The number of rotatable bonds is 3. The Labute approximate surface area is 122 Å². The fourth-order valence-corrected chi connectivity index (χ4v) is 2.38. The van der Waals surface area contributed by atoms with Crippen molar-refractivity contribution in [3.8, 4) is 11.5 Å². The van der Waals surface area contributed by atoms with Gasteiger partial charge in [0.15, 0.2) is 0 Å². The van der Waals surface area contributed by atoms with Crippen molar-refractivity contribution in [2.24, 2.45) is 0 Å². The standard InChI is InChI=1S/C13H10BrIO2/c14-13-7-12(5-4-9(13)8-16)17-11-3-1-2-10(15)6-11/h1-7,16H,8H2. The zero-order valence-corrected chi connectivity index (χ0v) is 12.6. The van der Waals surface area contributed by atoms with Crippen LogP contribution in [0, 0.1) is 3.57 Å². The molecule has 0 heterocycles. The quantitative estimate of drug-likeness (QED) is 0.771. The Balaban J connectivity index is 2.22. The van der Waals surface area contributed by atoms with Crippen LogP contribution in [0.3, 0.4) is 0 Å². The molecule has 0 aliphatic heterocycles. The molecule has 1 N–H and O–H groups in total. The van der Waals surface area contributed by atoms with Crippen molar-refractivity contribution < 1.29 is 9.84 Å². The summed E-state index contributed by atoms with van der Waals surface area (Å²) in [6, 6.07) is 13.4. The molecule has 0 aliphatic rings. The molecule has 0 radical (unpaired) electrons. The summed E-state index contributed by atoms with van der Waals surface area (Å²) in [5, 5.41) is 9.06. The molecule has 0 saturated heterocycles. The largest absolute Gasteiger partial charge is 0.457 e. The number of benzene rings is 2. The van der Waals surface area contributed by atoms with E-state index in [1.807, 2.05) is 42.5 Å². The van der Waals surface area contributed by atoms with E-state index in [4.69, 9.17) is 9.84 Å². The lowest BCUT2D eigenvalue weighted by Crippen LogP contribution is -1.88. The van der Waals surface area contributed by atoms with Crippen molar-refractivity contribution in [1.82, 2.24) is 0 Å². The van der Waals surface area contributed by atoms with E-state index in [9.17, 15) is 0 Å². The lowest BCUT2D eigenvalue weighted by molar-refractivity contribution is 0.281. The second-order valence-corrected chi connectivity index (χ2v) is 5.57. The Morgan fingerprint density at radius 2 is 1.88 bits per heavy atom. The van der Waals surface area contributed by atoms with Gasteiger partial charge in [0.05, 0.1) is 6.61 Å². The van der Waals surface area contributed by atoms with Crippen molar-refractivity contribution in [2.45, 2.75) is 6.61 Å². The second kappa shape index (κ2) is 5.84. The van der Waals surface area contributed by atoms with Crippen LogP contribution in [0.25, 0.3) is 0 Å². The second-order valence-electron chi connectivity index (χ2n) is 3.47. The van der Waals surface area contributed by atoms with Gasteiger partial charge in [0.1, 0.15) is 11.5 Å². The predicted octanol–water partition coefficient (Wildman–Crippen LogP) is 4.34. The summed E-state index contributed by atoms with van der Waals surface area (Å²) >= 11 is 5.64. The first-order valence-electron chi connectivity index (χ1n) is 5.02. The zero-order valence-electron chi connectivity index (χ0n) is 8.86. The van der Waals surface area contributed by atoms with Crippen LogP contribution < -0.4 is 4.74 Å². The van der Waals surface area contributed by atoms with Crippen molar-refractivity contribution in [2.75, 3.05) is 0 Å². The SMILES string of the molecule is OCc1ccc(Oc2cccc(I)c2)cc1Br. The van der Waals surface area contributed by atoms with Gasteiger partial charge in [-0.25, -0.2) is 0 Å². The molecule has 2 nitrogen and oxygen atoms in total. The Morgan fingerprint density at radius 3 is 2.53 bits per heavy atom. The molecule has 0 spiro atoms. The van der Waals surface area contributed by atoms with Gasteiger partial charge >= 0.3 is 0 Å². The Hall–Kier alpha value is -0.590. The van der Waals surface area contributed by atoms with E-state index in [-0.39, 0.29) is 6.61 Å². The molecular weight excluding hydrogens is 395 g/mol. The van der Waals surface area contributed by atoms with Gasteiger partial charge in [-0.15, -0.1) is 0 Å². The van der Waals surface area contributed by atoms with Crippen LogP contribution in [0.5, 0.6) is 11.5 Å². The molecule has 0 aliphatic carbocycles. The zero-order chi connectivity index (χ0) is 12.3. The van der Waals surface area contributed by atoms with Crippen LogP contribution >= 0.6 is 38.5 Å². The van der Waals surface area contributed by atoms with Crippen molar-refractivity contribution in [1.29, 1.82) is 0 Å². The van der Waals surface area contributed by atoms with E-state index in [1.54, 1.807) is 0 Å². The minimum Gasteiger partial charge on any atom is -0.457 e. The maximum atomic E-state index is 9.06. The van der Waals surface area contributed by atoms with Crippen molar-refractivity contribution >= 4 is 38.5 Å². The average Bonchev–Trinajstić information content (AvgIpc) is 2.29. The van der Waals surface area contributed by atoms with Gasteiger partial charge in [0, 0.05) is 8.04 Å². The third-order valence-electron chi connectivity index (χ3n) is 2.23. The smallest absolute Gasteiger partial charge is 0.128 e. The van der Waals surface area contributed by atoms with E-state index in [1.165, 1.54) is 0 Å². The topological polar surface area (TPSA) is 29.5 Å². The minimum absolute atomic E-state index is 0.0180. The van der Waals surface area contributed by atoms with Gasteiger partial charge < -0.3 is 9.84 Å². The van der Waals surface area contributed by atoms with E-state index in [0.717, 1.165) is 25.1 Å². The molecule has 17 heavy (non-hydrogen) atoms. The number of aliphatic hydroxyl groups excluding tert-OH is 1. The fourth-order valence-electron chi connectivity index (χ4n) is 1.39. The summed E-state index contributed by atoms with van der Waals surface area (Å²) in [5.74, 6) is 1.55. The highest BCUT2D eigenvalue weighted by atomic mass is 127. The normalized spacial score (nSPS) is 10.3. The molecule has 0 fully saturated rings. The lowest BCUT2D eigenvalue weighted by Gasteiger charge is -2.08. The molecule has 4 heteroatoms. The van der Waals surface area contributed by atoms with Crippen LogP contribution in [0.4, 0.5) is 0 Å². The first-order chi connectivity index (χ1) is 8.19. The van der Waals surface area contributed by atoms with Crippen molar-refractivity contribution in [3.05, 3.63) is 56.1 Å². The van der Waals surface area contributed by atoms with Crippen LogP contribution in [0.2, 0.25) is 0 Å².